The standard InChI is InChI=1S/C18H23N7/c1-11-6-14-15(7-12(11)2)25(18(20)23-14)17-8-16(21-10-22-17)24-5-3-4-13(19)9-24/h6-8,10,13H,3-5,9,19H2,1-2H3,(H2,20,23)/t13-/m1/s1. The molecule has 1 fully saturated rings. The van der Waals surface area contributed by atoms with E-state index in [2.05, 4.69) is 45.8 Å². The molecule has 2 aromatic heterocycles. The highest BCUT2D eigenvalue weighted by molar-refractivity contribution is 5.82. The molecular formula is C18H23N7. The molecule has 0 spiro atoms. The van der Waals surface area contributed by atoms with Gasteiger partial charge < -0.3 is 16.4 Å². The van der Waals surface area contributed by atoms with E-state index in [-0.39, 0.29) is 6.04 Å². The number of fused-ring (bicyclic) bond motifs is 1. The summed E-state index contributed by atoms with van der Waals surface area (Å²) < 4.78 is 1.89. The average molecular weight is 337 g/mol. The second kappa shape index (κ2) is 6.00. The first-order valence-electron chi connectivity index (χ1n) is 8.61. The van der Waals surface area contributed by atoms with E-state index in [1.807, 2.05) is 10.6 Å². The van der Waals surface area contributed by atoms with Gasteiger partial charge in [0.1, 0.15) is 18.0 Å². The minimum atomic E-state index is 0.192. The predicted octanol–water partition coefficient (Wildman–Crippen LogP) is 1.94. The number of hydrogen-bond donors (Lipinski definition) is 2. The Morgan fingerprint density at radius 1 is 1.08 bits per heavy atom. The lowest BCUT2D eigenvalue weighted by Gasteiger charge is -2.31. The van der Waals surface area contributed by atoms with Crippen LogP contribution < -0.4 is 16.4 Å². The Bertz CT molecular complexity index is 931. The lowest BCUT2D eigenvalue weighted by Crippen LogP contribution is -2.43. The smallest absolute Gasteiger partial charge is 0.207 e. The van der Waals surface area contributed by atoms with Gasteiger partial charge in [0.2, 0.25) is 5.95 Å². The molecule has 0 unspecified atom stereocenters. The minimum Gasteiger partial charge on any atom is -0.369 e. The highest BCUT2D eigenvalue weighted by atomic mass is 15.2. The number of nitrogens with two attached hydrogens (primary N) is 2. The second-order valence-electron chi connectivity index (χ2n) is 6.81. The Kier molecular flexibility index (Phi) is 3.80. The number of piperidine rings is 1. The van der Waals surface area contributed by atoms with Crippen LogP contribution >= 0.6 is 0 Å². The van der Waals surface area contributed by atoms with Gasteiger partial charge in [0.15, 0.2) is 0 Å². The fraction of sp³-hybridized carbons (Fsp3) is 0.389. The maximum atomic E-state index is 6.19. The van der Waals surface area contributed by atoms with Gasteiger partial charge in [-0.05, 0) is 49.9 Å². The number of nitrogens with zero attached hydrogens (tertiary/aromatic N) is 5. The molecule has 0 amide bonds. The number of benzene rings is 1. The summed E-state index contributed by atoms with van der Waals surface area (Å²) >= 11 is 0. The van der Waals surface area contributed by atoms with Crippen molar-refractivity contribution in [3.63, 3.8) is 0 Å². The largest absolute Gasteiger partial charge is 0.369 e. The van der Waals surface area contributed by atoms with Crippen molar-refractivity contribution in [2.75, 3.05) is 23.7 Å². The van der Waals surface area contributed by atoms with Crippen molar-refractivity contribution < 1.29 is 0 Å². The van der Waals surface area contributed by atoms with Gasteiger partial charge in [0.05, 0.1) is 11.0 Å². The van der Waals surface area contributed by atoms with Gasteiger partial charge >= 0.3 is 0 Å². The van der Waals surface area contributed by atoms with Crippen molar-refractivity contribution in [2.45, 2.75) is 32.7 Å². The van der Waals surface area contributed by atoms with Gasteiger partial charge in [0.25, 0.3) is 0 Å². The van der Waals surface area contributed by atoms with E-state index >= 15 is 0 Å². The van der Waals surface area contributed by atoms with Crippen LogP contribution in [0, 0.1) is 13.8 Å². The van der Waals surface area contributed by atoms with Crippen LogP contribution in [0.25, 0.3) is 16.9 Å². The Morgan fingerprint density at radius 2 is 1.84 bits per heavy atom. The normalized spacial score (nSPS) is 18.0. The van der Waals surface area contributed by atoms with E-state index in [4.69, 9.17) is 11.5 Å². The molecule has 1 atom stereocenters. The summed E-state index contributed by atoms with van der Waals surface area (Å²) in [7, 11) is 0. The first-order valence-corrected chi connectivity index (χ1v) is 8.61. The summed E-state index contributed by atoms with van der Waals surface area (Å²) in [6, 6.07) is 6.32. The summed E-state index contributed by atoms with van der Waals surface area (Å²) in [6.07, 6.45) is 3.72. The van der Waals surface area contributed by atoms with Gasteiger partial charge in [-0.15, -0.1) is 0 Å². The molecule has 0 aliphatic carbocycles. The lowest BCUT2D eigenvalue weighted by atomic mass is 10.1. The SMILES string of the molecule is Cc1cc2nc(N)n(-c3cc(N4CCC[C@@H](N)C4)ncn3)c2cc1C. The fourth-order valence-corrected chi connectivity index (χ4v) is 3.44. The number of nitrogen functional groups attached to an aromatic ring is 1. The van der Waals surface area contributed by atoms with E-state index < -0.39 is 0 Å². The van der Waals surface area contributed by atoms with E-state index in [0.717, 1.165) is 48.6 Å². The molecule has 0 radical (unpaired) electrons. The van der Waals surface area contributed by atoms with E-state index in [1.54, 1.807) is 6.33 Å². The molecule has 0 saturated carbocycles. The van der Waals surface area contributed by atoms with Crippen LogP contribution in [0.15, 0.2) is 24.5 Å². The van der Waals surface area contributed by atoms with E-state index in [1.165, 1.54) is 11.1 Å². The van der Waals surface area contributed by atoms with Crippen molar-refractivity contribution >= 4 is 22.8 Å². The van der Waals surface area contributed by atoms with Crippen molar-refractivity contribution in [1.29, 1.82) is 0 Å². The van der Waals surface area contributed by atoms with E-state index in [0.29, 0.717) is 5.95 Å². The van der Waals surface area contributed by atoms with Gasteiger partial charge in [-0.25, -0.2) is 15.0 Å². The predicted molar refractivity (Wildman–Crippen MR) is 100.0 cm³/mol. The van der Waals surface area contributed by atoms with Crippen molar-refractivity contribution in [2.24, 2.45) is 5.73 Å². The Morgan fingerprint density at radius 3 is 2.64 bits per heavy atom. The number of aromatic nitrogens is 4. The molecule has 7 nitrogen and oxygen atoms in total. The molecule has 1 saturated heterocycles. The zero-order valence-electron chi connectivity index (χ0n) is 14.6. The lowest BCUT2D eigenvalue weighted by molar-refractivity contribution is 0.503. The monoisotopic (exact) mass is 337 g/mol. The minimum absolute atomic E-state index is 0.192. The highest BCUT2D eigenvalue weighted by Crippen LogP contribution is 2.26. The fourth-order valence-electron chi connectivity index (χ4n) is 3.44. The molecule has 7 heteroatoms. The number of imidazole rings is 1. The number of rotatable bonds is 2. The second-order valence-corrected chi connectivity index (χ2v) is 6.81. The third-order valence-electron chi connectivity index (χ3n) is 4.95. The van der Waals surface area contributed by atoms with Gasteiger partial charge in [-0.3, -0.25) is 4.57 Å². The number of hydrogen-bond acceptors (Lipinski definition) is 6. The van der Waals surface area contributed by atoms with Gasteiger partial charge in [-0.1, -0.05) is 0 Å². The van der Waals surface area contributed by atoms with Gasteiger partial charge in [0, 0.05) is 25.2 Å². The van der Waals surface area contributed by atoms with Crippen LogP contribution in [-0.4, -0.2) is 38.7 Å². The van der Waals surface area contributed by atoms with Crippen molar-refractivity contribution in [1.82, 2.24) is 19.5 Å². The molecular weight excluding hydrogens is 314 g/mol. The molecule has 3 heterocycles. The third kappa shape index (κ3) is 2.80. The Balaban J connectivity index is 1.80. The quantitative estimate of drug-likeness (QED) is 0.741. The highest BCUT2D eigenvalue weighted by Gasteiger charge is 2.19. The zero-order valence-corrected chi connectivity index (χ0v) is 14.6. The first-order chi connectivity index (χ1) is 12.0. The molecule has 1 aromatic carbocycles. The maximum Gasteiger partial charge on any atom is 0.207 e. The topological polar surface area (TPSA) is 98.9 Å². The maximum absolute atomic E-state index is 6.19. The van der Waals surface area contributed by atoms with Crippen LogP contribution in [0.1, 0.15) is 24.0 Å². The van der Waals surface area contributed by atoms with Crippen LogP contribution in [0.5, 0.6) is 0 Å². The summed E-state index contributed by atoms with van der Waals surface area (Å²) in [5.41, 5.74) is 16.5. The van der Waals surface area contributed by atoms with E-state index in [9.17, 15) is 0 Å². The van der Waals surface area contributed by atoms with Crippen LogP contribution in [0.4, 0.5) is 11.8 Å². The van der Waals surface area contributed by atoms with Crippen molar-refractivity contribution in [3.05, 3.63) is 35.7 Å². The summed E-state index contributed by atoms with van der Waals surface area (Å²) in [4.78, 5) is 15.6. The van der Waals surface area contributed by atoms with Crippen LogP contribution in [-0.2, 0) is 0 Å². The van der Waals surface area contributed by atoms with Crippen molar-refractivity contribution in [3.8, 4) is 5.82 Å². The summed E-state index contributed by atoms with van der Waals surface area (Å²) in [5.74, 6) is 2.04. The summed E-state index contributed by atoms with van der Waals surface area (Å²) in [6.45, 7) is 5.94. The molecule has 3 aromatic rings. The van der Waals surface area contributed by atoms with Crippen LogP contribution in [0.2, 0.25) is 0 Å². The number of aryl methyl sites for hydroxylation is 2. The molecule has 1 aliphatic rings. The molecule has 4 N–H and O–H groups in total. The molecule has 25 heavy (non-hydrogen) atoms. The Labute approximate surface area is 146 Å². The van der Waals surface area contributed by atoms with Gasteiger partial charge in [-0.2, -0.15) is 0 Å². The molecule has 0 bridgehead atoms. The Hall–Kier alpha value is -2.67. The van der Waals surface area contributed by atoms with Crippen LogP contribution in [0.3, 0.4) is 0 Å². The average Bonchev–Trinajstić information content (AvgIpc) is 2.90. The molecule has 1 aliphatic heterocycles. The summed E-state index contributed by atoms with van der Waals surface area (Å²) in [5, 5.41) is 0. The molecule has 4 rings (SSSR count). The first kappa shape index (κ1) is 15.8. The molecule has 130 valence electrons. The third-order valence-corrected chi connectivity index (χ3v) is 4.95. The zero-order chi connectivity index (χ0) is 17.6. The number of anilines is 2.